The van der Waals surface area contributed by atoms with Gasteiger partial charge in [-0.15, -0.1) is 34.2 Å². The Morgan fingerprint density at radius 3 is 2.85 bits per heavy atom. The maximum atomic E-state index is 4.90. The number of nitrogens with one attached hydrogen (secondary N) is 1. The minimum absolute atomic E-state index is 0. The number of halogens is 1. The maximum absolute atomic E-state index is 4.90. The van der Waals surface area contributed by atoms with Crippen LogP contribution in [0.1, 0.15) is 58.1 Å². The van der Waals surface area contributed by atoms with Crippen molar-refractivity contribution in [3.8, 4) is 0 Å². The first-order chi connectivity index (χ1) is 12.6. The molecule has 0 aromatic carbocycles. The summed E-state index contributed by atoms with van der Waals surface area (Å²) in [6.07, 6.45) is 6.89. The molecule has 3 rings (SSSR count). The first kappa shape index (κ1) is 22.8. The van der Waals surface area contributed by atoms with Crippen molar-refractivity contribution in [2.45, 2.75) is 70.6 Å². The molecule has 3 heterocycles. The molecule has 0 atom stereocenters. The molecule has 1 N–H and O–H groups in total. The largest absolute Gasteiger partial charge is 0.357 e. The van der Waals surface area contributed by atoms with Gasteiger partial charge in [-0.2, -0.15) is 11.8 Å². The lowest BCUT2D eigenvalue weighted by Gasteiger charge is -2.39. The van der Waals surface area contributed by atoms with Crippen LogP contribution in [0.3, 0.4) is 0 Å². The lowest BCUT2D eigenvalue weighted by atomic mass is 10.2. The van der Waals surface area contributed by atoms with E-state index in [9.17, 15) is 0 Å². The maximum Gasteiger partial charge on any atom is 0.193 e. The van der Waals surface area contributed by atoms with E-state index < -0.39 is 0 Å². The molecule has 1 aromatic heterocycles. The van der Waals surface area contributed by atoms with Gasteiger partial charge in [0.1, 0.15) is 11.6 Å². The number of aromatic nitrogens is 3. The van der Waals surface area contributed by atoms with Crippen LogP contribution < -0.4 is 5.32 Å². The molecule has 1 fully saturated rings. The fourth-order valence-corrected chi connectivity index (χ4v) is 4.89. The highest BCUT2D eigenvalue weighted by Crippen LogP contribution is 2.29. The van der Waals surface area contributed by atoms with Gasteiger partial charge in [-0.05, 0) is 40.0 Å². The van der Waals surface area contributed by atoms with E-state index >= 15 is 0 Å². The minimum Gasteiger partial charge on any atom is -0.357 e. The van der Waals surface area contributed by atoms with Crippen LogP contribution >= 0.6 is 35.7 Å². The number of rotatable bonds is 5. The van der Waals surface area contributed by atoms with E-state index in [2.05, 4.69) is 57.5 Å². The Morgan fingerprint density at radius 1 is 1.22 bits per heavy atom. The predicted molar refractivity (Wildman–Crippen MR) is 125 cm³/mol. The molecular formula is C19H35IN6S. The summed E-state index contributed by atoms with van der Waals surface area (Å²) in [5, 5.41) is 12.3. The second kappa shape index (κ2) is 10.9. The third-order valence-electron chi connectivity index (χ3n) is 5.07. The summed E-state index contributed by atoms with van der Waals surface area (Å²) < 4.78 is 2.65. The monoisotopic (exact) mass is 506 g/mol. The molecular weight excluding hydrogens is 471 g/mol. The Morgan fingerprint density at radius 2 is 2.07 bits per heavy atom. The van der Waals surface area contributed by atoms with Crippen LogP contribution in [0.5, 0.6) is 0 Å². The number of fused-ring (bicyclic) bond motifs is 1. The van der Waals surface area contributed by atoms with Crippen molar-refractivity contribution >= 4 is 41.7 Å². The highest BCUT2D eigenvalue weighted by Gasteiger charge is 2.28. The third kappa shape index (κ3) is 6.51. The second-order valence-corrected chi connectivity index (χ2v) is 9.67. The summed E-state index contributed by atoms with van der Waals surface area (Å²) in [6.45, 7) is 11.8. The van der Waals surface area contributed by atoms with Crippen molar-refractivity contribution in [1.82, 2.24) is 25.0 Å². The van der Waals surface area contributed by atoms with E-state index in [1.54, 1.807) is 0 Å². The summed E-state index contributed by atoms with van der Waals surface area (Å²) >= 11 is 2.06. The van der Waals surface area contributed by atoms with Gasteiger partial charge in [0.25, 0.3) is 0 Å². The summed E-state index contributed by atoms with van der Waals surface area (Å²) in [6, 6.07) is 0. The van der Waals surface area contributed by atoms with Gasteiger partial charge in [0.2, 0.25) is 0 Å². The topological polar surface area (TPSA) is 58.3 Å². The Balaban J connectivity index is 0.00000261. The molecule has 154 valence electrons. The fourth-order valence-electron chi connectivity index (χ4n) is 3.78. The summed E-state index contributed by atoms with van der Waals surface area (Å²) in [5.41, 5.74) is 0. The zero-order valence-electron chi connectivity index (χ0n) is 17.0. The third-order valence-corrected chi connectivity index (χ3v) is 6.36. The number of thioether (sulfide) groups is 1. The van der Waals surface area contributed by atoms with Gasteiger partial charge in [0, 0.05) is 56.1 Å². The van der Waals surface area contributed by atoms with E-state index in [-0.39, 0.29) is 24.0 Å². The van der Waals surface area contributed by atoms with E-state index in [1.165, 1.54) is 30.8 Å². The van der Waals surface area contributed by atoms with Crippen molar-refractivity contribution in [2.24, 2.45) is 4.99 Å². The molecule has 2 aliphatic rings. The van der Waals surface area contributed by atoms with Crippen molar-refractivity contribution in [2.75, 3.05) is 31.9 Å². The quantitative estimate of drug-likeness (QED) is 0.287. The van der Waals surface area contributed by atoms with Crippen molar-refractivity contribution in [1.29, 1.82) is 0 Å². The Labute approximate surface area is 185 Å². The summed E-state index contributed by atoms with van der Waals surface area (Å²) in [4.78, 5) is 7.32. The van der Waals surface area contributed by atoms with Crippen molar-refractivity contribution in [3.05, 3.63) is 11.6 Å². The van der Waals surface area contributed by atoms with Crippen LogP contribution in [0.25, 0.3) is 0 Å². The second-order valence-electron chi connectivity index (χ2n) is 7.86. The van der Waals surface area contributed by atoms with Gasteiger partial charge in [0.05, 0.1) is 0 Å². The molecule has 0 aliphatic carbocycles. The highest BCUT2D eigenvalue weighted by molar-refractivity contribution is 14.0. The van der Waals surface area contributed by atoms with Crippen LogP contribution in [0.15, 0.2) is 4.99 Å². The van der Waals surface area contributed by atoms with Crippen LogP contribution in [0.2, 0.25) is 0 Å². The number of guanidine groups is 1. The number of aliphatic imine (C=N–C) groups is 1. The van der Waals surface area contributed by atoms with E-state index in [0.29, 0.717) is 4.75 Å². The predicted octanol–water partition coefficient (Wildman–Crippen LogP) is 3.35. The molecule has 8 heteroatoms. The molecule has 0 amide bonds. The summed E-state index contributed by atoms with van der Waals surface area (Å²) in [7, 11) is 0. The number of hydrogen-bond donors (Lipinski definition) is 1. The van der Waals surface area contributed by atoms with Gasteiger partial charge in [0.15, 0.2) is 5.96 Å². The Hall–Kier alpha value is -0.510. The van der Waals surface area contributed by atoms with Crippen LogP contribution in [0, 0.1) is 0 Å². The average molecular weight is 507 g/mol. The molecule has 0 bridgehead atoms. The standard InChI is InChI=1S/C19H34N6S.HI/c1-4-20-18(24-13-14-26-19(2,3)15-24)21-11-8-10-17-23-22-16-9-6-5-7-12-25(16)17;/h4-15H2,1-3H3,(H,20,21);1H. The zero-order chi connectivity index (χ0) is 18.4. The SMILES string of the molecule is CCNC(=NCCCc1nnc2n1CCCCC2)N1CCSC(C)(C)C1.I. The molecule has 0 radical (unpaired) electrons. The minimum atomic E-state index is 0. The summed E-state index contributed by atoms with van der Waals surface area (Å²) in [5.74, 6) is 4.57. The van der Waals surface area contributed by atoms with Gasteiger partial charge in [-0.25, -0.2) is 0 Å². The van der Waals surface area contributed by atoms with Gasteiger partial charge in [-0.3, -0.25) is 4.99 Å². The first-order valence-electron chi connectivity index (χ1n) is 10.2. The molecule has 0 saturated carbocycles. The van der Waals surface area contributed by atoms with Gasteiger partial charge >= 0.3 is 0 Å². The zero-order valence-corrected chi connectivity index (χ0v) is 20.2. The lowest BCUT2D eigenvalue weighted by molar-refractivity contribution is 0.375. The molecule has 1 aromatic rings. The van der Waals surface area contributed by atoms with E-state index in [0.717, 1.165) is 63.8 Å². The van der Waals surface area contributed by atoms with Gasteiger partial charge in [-0.1, -0.05) is 6.42 Å². The van der Waals surface area contributed by atoms with Crippen LogP contribution in [-0.2, 0) is 19.4 Å². The molecule has 6 nitrogen and oxygen atoms in total. The molecule has 2 aliphatic heterocycles. The lowest BCUT2D eigenvalue weighted by Crippen LogP contribution is -2.51. The normalized spacial score (nSPS) is 19.8. The molecule has 0 unspecified atom stereocenters. The molecule has 0 spiro atoms. The van der Waals surface area contributed by atoms with Crippen LogP contribution in [-0.4, -0.2) is 62.3 Å². The number of aryl methyl sites for hydroxylation is 2. The molecule has 1 saturated heterocycles. The van der Waals surface area contributed by atoms with Crippen LogP contribution in [0.4, 0.5) is 0 Å². The van der Waals surface area contributed by atoms with Crippen molar-refractivity contribution < 1.29 is 0 Å². The average Bonchev–Trinajstić information content (AvgIpc) is 2.83. The highest BCUT2D eigenvalue weighted by atomic mass is 127. The van der Waals surface area contributed by atoms with Gasteiger partial charge < -0.3 is 14.8 Å². The van der Waals surface area contributed by atoms with E-state index in [4.69, 9.17) is 4.99 Å². The Bertz CT molecular complexity index is 615. The van der Waals surface area contributed by atoms with Crippen molar-refractivity contribution in [3.63, 3.8) is 0 Å². The van der Waals surface area contributed by atoms with E-state index in [1.807, 2.05) is 0 Å². The fraction of sp³-hybridized carbons (Fsp3) is 0.842. The first-order valence-corrected chi connectivity index (χ1v) is 11.2. The molecule has 27 heavy (non-hydrogen) atoms. The Kier molecular flexibility index (Phi) is 9.18. The number of hydrogen-bond acceptors (Lipinski definition) is 4. The number of nitrogens with zero attached hydrogens (tertiary/aromatic N) is 5. The smallest absolute Gasteiger partial charge is 0.193 e.